The Morgan fingerprint density at radius 2 is 1.91 bits per heavy atom. The molecule has 0 aromatic heterocycles. The van der Waals surface area contributed by atoms with Gasteiger partial charge in [0, 0.05) is 31.9 Å². The van der Waals surface area contributed by atoms with E-state index in [0.717, 1.165) is 29.9 Å². The molecule has 0 atom stereocenters. The lowest BCUT2D eigenvalue weighted by atomic mass is 10.0. The monoisotopic (exact) mass is 315 g/mol. The summed E-state index contributed by atoms with van der Waals surface area (Å²) >= 11 is 0. The van der Waals surface area contributed by atoms with Gasteiger partial charge in [0.2, 0.25) is 0 Å². The van der Waals surface area contributed by atoms with Gasteiger partial charge < -0.3 is 14.5 Å². The van der Waals surface area contributed by atoms with Crippen LogP contribution < -0.4 is 4.90 Å². The summed E-state index contributed by atoms with van der Waals surface area (Å²) in [6.45, 7) is 10.6. The van der Waals surface area contributed by atoms with E-state index in [2.05, 4.69) is 23.1 Å². The lowest BCUT2D eigenvalue weighted by Crippen LogP contribution is -2.50. The first-order valence-electron chi connectivity index (χ1n) is 7.99. The number of carbonyl (C=O) groups excluding carboxylic acids is 1. The molecular formula is C18H25N3O2. The highest BCUT2D eigenvalue weighted by Gasteiger charge is 2.26. The third kappa shape index (κ3) is 4.62. The quantitative estimate of drug-likeness (QED) is 0.841. The number of nitrogens with zero attached hydrogens (tertiary/aromatic N) is 3. The van der Waals surface area contributed by atoms with Crippen LogP contribution in [0.15, 0.2) is 18.2 Å². The van der Waals surface area contributed by atoms with Crippen LogP contribution >= 0.6 is 0 Å². The first-order chi connectivity index (χ1) is 10.8. The molecule has 1 aromatic rings. The fraction of sp³-hybridized carbons (Fsp3) is 0.556. The Labute approximate surface area is 138 Å². The van der Waals surface area contributed by atoms with Crippen molar-refractivity contribution in [2.75, 3.05) is 31.1 Å². The maximum Gasteiger partial charge on any atom is 0.410 e. The van der Waals surface area contributed by atoms with E-state index < -0.39 is 5.60 Å². The predicted octanol–water partition coefficient (Wildman–Crippen LogP) is 3.12. The molecular weight excluding hydrogens is 290 g/mol. The highest BCUT2D eigenvalue weighted by Crippen LogP contribution is 2.21. The highest BCUT2D eigenvalue weighted by atomic mass is 16.6. The van der Waals surface area contributed by atoms with Crippen LogP contribution in [0.4, 0.5) is 10.5 Å². The van der Waals surface area contributed by atoms with Gasteiger partial charge >= 0.3 is 6.09 Å². The topological polar surface area (TPSA) is 56.6 Å². The third-order valence-corrected chi connectivity index (χ3v) is 3.89. The lowest BCUT2D eigenvalue weighted by molar-refractivity contribution is 0.0240. The zero-order valence-electron chi connectivity index (χ0n) is 14.4. The molecule has 2 rings (SSSR count). The number of rotatable bonds is 2. The molecule has 5 heteroatoms. The van der Waals surface area contributed by atoms with Gasteiger partial charge in [-0.3, -0.25) is 0 Å². The number of aryl methyl sites for hydroxylation is 1. The van der Waals surface area contributed by atoms with Gasteiger partial charge in [0.25, 0.3) is 0 Å². The second-order valence-electron chi connectivity index (χ2n) is 6.90. The molecule has 1 fully saturated rings. The van der Waals surface area contributed by atoms with Crippen LogP contribution in [-0.4, -0.2) is 42.8 Å². The summed E-state index contributed by atoms with van der Waals surface area (Å²) in [6.07, 6.45) is 0.205. The average molecular weight is 315 g/mol. The van der Waals surface area contributed by atoms with E-state index in [1.807, 2.05) is 33.8 Å². The first kappa shape index (κ1) is 17.1. The summed E-state index contributed by atoms with van der Waals surface area (Å²) in [5, 5.41) is 8.81. The third-order valence-electron chi connectivity index (χ3n) is 3.89. The van der Waals surface area contributed by atoms with Crippen molar-refractivity contribution in [2.45, 2.75) is 39.7 Å². The van der Waals surface area contributed by atoms with Crippen LogP contribution in [0.25, 0.3) is 0 Å². The molecule has 1 aliphatic rings. The lowest BCUT2D eigenvalue weighted by Gasteiger charge is -2.37. The highest BCUT2D eigenvalue weighted by molar-refractivity contribution is 5.68. The zero-order valence-corrected chi connectivity index (χ0v) is 14.4. The van der Waals surface area contributed by atoms with Gasteiger partial charge in [0.15, 0.2) is 0 Å². The molecule has 1 aromatic carbocycles. The number of piperazine rings is 1. The van der Waals surface area contributed by atoms with Gasteiger partial charge in [0.1, 0.15) is 5.60 Å². The number of carbonyl (C=O) groups is 1. The smallest absolute Gasteiger partial charge is 0.410 e. The van der Waals surface area contributed by atoms with E-state index in [1.165, 1.54) is 0 Å². The fourth-order valence-electron chi connectivity index (χ4n) is 2.63. The number of amides is 1. The Bertz CT molecular complexity index is 606. The molecule has 0 aliphatic carbocycles. The van der Waals surface area contributed by atoms with Gasteiger partial charge in [-0.2, -0.15) is 5.26 Å². The first-order valence-corrected chi connectivity index (χ1v) is 7.99. The average Bonchev–Trinajstić information content (AvgIpc) is 2.48. The molecule has 0 bridgehead atoms. The van der Waals surface area contributed by atoms with Crippen molar-refractivity contribution < 1.29 is 9.53 Å². The Morgan fingerprint density at radius 1 is 1.26 bits per heavy atom. The number of ether oxygens (including phenoxy) is 1. The van der Waals surface area contributed by atoms with Crippen molar-refractivity contribution in [2.24, 2.45) is 0 Å². The van der Waals surface area contributed by atoms with Crippen LogP contribution in [0, 0.1) is 18.3 Å². The SMILES string of the molecule is Cc1cc(N2CCN(C(=O)OC(C)(C)C)CC2)ccc1CC#N. The second-order valence-corrected chi connectivity index (χ2v) is 6.90. The van der Waals surface area contributed by atoms with Crippen LogP contribution in [0.3, 0.4) is 0 Å². The van der Waals surface area contributed by atoms with E-state index in [-0.39, 0.29) is 6.09 Å². The zero-order chi connectivity index (χ0) is 17.0. The molecule has 0 radical (unpaired) electrons. The van der Waals surface area contributed by atoms with Crippen molar-refractivity contribution >= 4 is 11.8 Å². The summed E-state index contributed by atoms with van der Waals surface area (Å²) in [6, 6.07) is 8.39. The van der Waals surface area contributed by atoms with Gasteiger partial charge in [-0.15, -0.1) is 0 Å². The number of nitriles is 1. The molecule has 0 unspecified atom stereocenters. The maximum atomic E-state index is 12.1. The summed E-state index contributed by atoms with van der Waals surface area (Å²) in [5.41, 5.74) is 2.90. The predicted molar refractivity (Wildman–Crippen MR) is 90.5 cm³/mol. The van der Waals surface area contributed by atoms with Crippen LogP contribution in [0.5, 0.6) is 0 Å². The summed E-state index contributed by atoms with van der Waals surface area (Å²) in [4.78, 5) is 16.1. The van der Waals surface area contributed by atoms with Crippen molar-refractivity contribution in [3.8, 4) is 6.07 Å². The van der Waals surface area contributed by atoms with E-state index in [4.69, 9.17) is 10.00 Å². The molecule has 0 saturated carbocycles. The minimum atomic E-state index is -0.456. The van der Waals surface area contributed by atoms with Crippen molar-refractivity contribution in [3.05, 3.63) is 29.3 Å². The number of benzene rings is 1. The van der Waals surface area contributed by atoms with Gasteiger partial charge in [-0.05, 0) is 51.0 Å². The minimum absolute atomic E-state index is 0.238. The number of hydrogen-bond acceptors (Lipinski definition) is 4. The molecule has 23 heavy (non-hydrogen) atoms. The van der Waals surface area contributed by atoms with Gasteiger partial charge in [-0.25, -0.2) is 4.79 Å². The minimum Gasteiger partial charge on any atom is -0.444 e. The standard InChI is InChI=1S/C18H25N3O2/c1-14-13-16(6-5-15(14)7-8-19)20-9-11-21(12-10-20)17(22)23-18(2,3)4/h5-6,13H,7,9-12H2,1-4H3. The van der Waals surface area contributed by atoms with E-state index in [9.17, 15) is 4.79 Å². The van der Waals surface area contributed by atoms with E-state index in [0.29, 0.717) is 19.5 Å². The molecule has 0 spiro atoms. The molecule has 5 nitrogen and oxygen atoms in total. The molecule has 0 N–H and O–H groups in total. The largest absolute Gasteiger partial charge is 0.444 e. The number of anilines is 1. The van der Waals surface area contributed by atoms with Crippen LogP contribution in [0.1, 0.15) is 31.9 Å². The summed E-state index contributed by atoms with van der Waals surface area (Å²) in [5.74, 6) is 0. The normalized spacial score (nSPS) is 15.3. The summed E-state index contributed by atoms with van der Waals surface area (Å²) < 4.78 is 5.42. The molecule has 1 aliphatic heterocycles. The number of hydrogen-bond donors (Lipinski definition) is 0. The Kier molecular flexibility index (Phi) is 5.15. The Balaban J connectivity index is 1.95. The van der Waals surface area contributed by atoms with Crippen molar-refractivity contribution in [1.29, 1.82) is 5.26 Å². The molecule has 1 saturated heterocycles. The Morgan fingerprint density at radius 3 is 2.43 bits per heavy atom. The molecule has 1 heterocycles. The van der Waals surface area contributed by atoms with Crippen LogP contribution in [0.2, 0.25) is 0 Å². The Hall–Kier alpha value is -2.22. The van der Waals surface area contributed by atoms with E-state index >= 15 is 0 Å². The fourth-order valence-corrected chi connectivity index (χ4v) is 2.63. The van der Waals surface area contributed by atoms with Gasteiger partial charge in [0.05, 0.1) is 12.5 Å². The molecule has 124 valence electrons. The van der Waals surface area contributed by atoms with Gasteiger partial charge in [-0.1, -0.05) is 6.07 Å². The van der Waals surface area contributed by atoms with E-state index in [1.54, 1.807) is 4.90 Å². The second kappa shape index (κ2) is 6.91. The van der Waals surface area contributed by atoms with Crippen molar-refractivity contribution in [1.82, 2.24) is 4.90 Å². The maximum absolute atomic E-state index is 12.1. The van der Waals surface area contributed by atoms with Crippen LogP contribution in [-0.2, 0) is 11.2 Å². The summed E-state index contributed by atoms with van der Waals surface area (Å²) in [7, 11) is 0. The molecule has 1 amide bonds. The van der Waals surface area contributed by atoms with Crippen molar-refractivity contribution in [3.63, 3.8) is 0 Å².